The molecule has 1 rings (SSSR count). The molecular formula is C13H19Cl3N3V. The maximum atomic E-state index is 4.55. The fourth-order valence-electron chi connectivity index (χ4n) is 1.47. The van der Waals surface area contributed by atoms with Crippen LogP contribution in [0.2, 0.25) is 0 Å². The third kappa shape index (κ3) is 8.99. The summed E-state index contributed by atoms with van der Waals surface area (Å²) in [6, 6.07) is 5.97. The minimum atomic E-state index is 0. The molecule has 7 heteroatoms. The van der Waals surface area contributed by atoms with Crippen LogP contribution in [0.1, 0.15) is 39.1 Å². The summed E-state index contributed by atoms with van der Waals surface area (Å²) in [5.74, 6) is 0. The average molecular weight is 375 g/mol. The molecule has 0 spiro atoms. The van der Waals surface area contributed by atoms with Crippen LogP contribution in [0.15, 0.2) is 28.2 Å². The molecule has 1 aromatic heterocycles. The second-order valence-corrected chi connectivity index (χ2v) is 3.53. The van der Waals surface area contributed by atoms with Crippen LogP contribution in [0, 0.1) is 0 Å². The predicted octanol–water partition coefficient (Wildman–Crippen LogP) is -6.25. The van der Waals surface area contributed by atoms with Gasteiger partial charge in [0.2, 0.25) is 0 Å². The van der Waals surface area contributed by atoms with Gasteiger partial charge in [-0.1, -0.05) is 6.07 Å². The number of pyridine rings is 1. The zero-order valence-corrected chi connectivity index (χ0v) is 15.7. The summed E-state index contributed by atoms with van der Waals surface area (Å²) in [5, 5.41) is 0. The Hall–Kier alpha value is -0.0556. The van der Waals surface area contributed by atoms with Crippen LogP contribution < -0.4 is 37.2 Å². The van der Waals surface area contributed by atoms with E-state index in [1.165, 1.54) is 0 Å². The number of aromatic nitrogens is 1. The molecule has 0 fully saturated rings. The molecule has 0 unspecified atom stereocenters. The molecule has 0 saturated carbocycles. The van der Waals surface area contributed by atoms with Crippen LogP contribution in [0.25, 0.3) is 0 Å². The second kappa shape index (κ2) is 15.3. The minimum absolute atomic E-state index is 0. The number of hydrogen-bond acceptors (Lipinski definition) is 3. The molecule has 0 radical (unpaired) electrons. The van der Waals surface area contributed by atoms with Crippen molar-refractivity contribution in [2.45, 2.75) is 27.7 Å². The topological polar surface area (TPSA) is 37.6 Å². The predicted molar refractivity (Wildman–Crippen MR) is 69.7 cm³/mol. The molecule has 0 atom stereocenters. The molecule has 0 bridgehead atoms. The summed E-state index contributed by atoms with van der Waals surface area (Å²) in [4.78, 5) is 13.3. The van der Waals surface area contributed by atoms with Crippen LogP contribution in [-0.4, -0.2) is 29.5 Å². The van der Waals surface area contributed by atoms with E-state index in [9.17, 15) is 0 Å². The number of nitrogens with zero attached hydrogens (tertiary/aromatic N) is 3. The van der Waals surface area contributed by atoms with Crippen molar-refractivity contribution in [1.82, 2.24) is 4.98 Å². The summed E-state index contributed by atoms with van der Waals surface area (Å²) in [6.45, 7) is 9.61. The van der Waals surface area contributed by atoms with Gasteiger partial charge in [-0.25, -0.2) is 4.98 Å². The van der Waals surface area contributed by atoms with Crippen LogP contribution in [0.3, 0.4) is 0 Å². The minimum Gasteiger partial charge on any atom is -1.00 e. The Morgan fingerprint density at radius 2 is 1.25 bits per heavy atom. The Labute approximate surface area is 152 Å². The zero-order chi connectivity index (χ0) is 12.0. The monoisotopic (exact) mass is 373 g/mol. The Balaban J connectivity index is -0.000000320. The maximum absolute atomic E-state index is 4.55. The normalized spacial score (nSPS) is 10.4. The summed E-state index contributed by atoms with van der Waals surface area (Å²) >= 11 is 0. The molecule has 0 aromatic carbocycles. The standard InChI is InChI=1S/C13H19N3.3ClH.V/c1-5-14-10(3)12-8-7-9-13(16-12)11(4)15-6-2;;;;/h7-9H,5-6H2,1-4H3;3*1H;/q;;;;+3/p-3. The van der Waals surface area contributed by atoms with Crippen LogP contribution in [-0.2, 0) is 18.6 Å². The molecule has 1 heterocycles. The van der Waals surface area contributed by atoms with Gasteiger partial charge in [0.05, 0.1) is 22.8 Å². The van der Waals surface area contributed by atoms with Gasteiger partial charge in [0.15, 0.2) is 0 Å². The first-order valence-electron chi connectivity index (χ1n) is 5.69. The van der Waals surface area contributed by atoms with E-state index in [1.807, 2.05) is 45.9 Å². The van der Waals surface area contributed by atoms with Gasteiger partial charge in [-0.2, -0.15) is 0 Å². The molecule has 0 aliphatic carbocycles. The number of hydrogen-bond donors (Lipinski definition) is 0. The first-order chi connectivity index (χ1) is 7.69. The second-order valence-electron chi connectivity index (χ2n) is 3.53. The van der Waals surface area contributed by atoms with Crippen LogP contribution in [0.4, 0.5) is 0 Å². The van der Waals surface area contributed by atoms with Gasteiger partial charge in [-0.05, 0) is 39.8 Å². The van der Waals surface area contributed by atoms with Crippen molar-refractivity contribution in [3.63, 3.8) is 0 Å². The van der Waals surface area contributed by atoms with Gasteiger partial charge in [0.25, 0.3) is 0 Å². The Bertz CT molecular complexity index is 388. The molecule has 0 aliphatic rings. The Morgan fingerprint density at radius 3 is 1.55 bits per heavy atom. The quantitative estimate of drug-likeness (QED) is 0.483. The molecule has 20 heavy (non-hydrogen) atoms. The van der Waals surface area contributed by atoms with Gasteiger partial charge in [-0.15, -0.1) is 0 Å². The molecule has 0 N–H and O–H groups in total. The van der Waals surface area contributed by atoms with Crippen molar-refractivity contribution in [2.24, 2.45) is 9.98 Å². The Morgan fingerprint density at radius 1 is 0.900 bits per heavy atom. The molecule has 1 aromatic rings. The summed E-state index contributed by atoms with van der Waals surface area (Å²) in [6.07, 6.45) is 0. The van der Waals surface area contributed by atoms with Crippen molar-refractivity contribution in [2.75, 3.05) is 13.1 Å². The van der Waals surface area contributed by atoms with Crippen LogP contribution in [0.5, 0.6) is 0 Å². The maximum Gasteiger partial charge on any atom is 3.00 e. The SMILES string of the molecule is CCN=C(C)c1cccc(C(C)=NCC)n1.[Cl-].[Cl-].[Cl-].[V+3]. The fraction of sp³-hybridized carbons (Fsp3) is 0.462. The molecular weight excluding hydrogens is 355 g/mol. The van der Waals surface area contributed by atoms with E-state index in [0.717, 1.165) is 35.9 Å². The van der Waals surface area contributed by atoms with Gasteiger partial charge in [0, 0.05) is 13.1 Å². The van der Waals surface area contributed by atoms with Crippen molar-refractivity contribution >= 4 is 11.4 Å². The smallest absolute Gasteiger partial charge is 1.00 e. The van der Waals surface area contributed by atoms with E-state index in [4.69, 9.17) is 0 Å². The summed E-state index contributed by atoms with van der Waals surface area (Å²) < 4.78 is 0. The third-order valence-corrected chi connectivity index (χ3v) is 2.28. The van der Waals surface area contributed by atoms with E-state index < -0.39 is 0 Å². The summed E-state index contributed by atoms with van der Waals surface area (Å²) in [5.41, 5.74) is 3.83. The molecule has 0 aliphatic heterocycles. The van der Waals surface area contributed by atoms with Crippen molar-refractivity contribution in [3.8, 4) is 0 Å². The zero-order valence-electron chi connectivity index (χ0n) is 12.1. The van der Waals surface area contributed by atoms with E-state index in [1.54, 1.807) is 0 Å². The largest absolute Gasteiger partial charge is 3.00 e. The number of halogens is 3. The van der Waals surface area contributed by atoms with Crippen molar-refractivity contribution in [3.05, 3.63) is 29.6 Å². The van der Waals surface area contributed by atoms with E-state index in [0.29, 0.717) is 0 Å². The fourth-order valence-corrected chi connectivity index (χ4v) is 1.47. The van der Waals surface area contributed by atoms with E-state index in [2.05, 4.69) is 15.0 Å². The van der Waals surface area contributed by atoms with E-state index >= 15 is 0 Å². The molecule has 3 nitrogen and oxygen atoms in total. The first kappa shape index (κ1) is 28.2. The number of aliphatic imine (C=N–C) groups is 2. The number of rotatable bonds is 4. The summed E-state index contributed by atoms with van der Waals surface area (Å²) in [7, 11) is 0. The van der Waals surface area contributed by atoms with Crippen molar-refractivity contribution in [1.29, 1.82) is 0 Å². The molecule has 112 valence electrons. The molecule has 0 amide bonds. The molecule has 0 saturated heterocycles. The third-order valence-electron chi connectivity index (χ3n) is 2.28. The van der Waals surface area contributed by atoms with Crippen molar-refractivity contribution < 1.29 is 55.8 Å². The Kier molecular flexibility index (Phi) is 21.6. The van der Waals surface area contributed by atoms with Gasteiger partial charge in [0.1, 0.15) is 0 Å². The van der Waals surface area contributed by atoms with E-state index in [-0.39, 0.29) is 55.8 Å². The van der Waals surface area contributed by atoms with Gasteiger partial charge < -0.3 is 37.2 Å². The van der Waals surface area contributed by atoms with Gasteiger partial charge in [-0.3, -0.25) is 9.98 Å². The average Bonchev–Trinajstić information content (AvgIpc) is 2.30. The first-order valence-corrected chi connectivity index (χ1v) is 5.69. The van der Waals surface area contributed by atoms with Crippen LogP contribution >= 0.6 is 0 Å². The van der Waals surface area contributed by atoms with Gasteiger partial charge >= 0.3 is 18.6 Å².